The van der Waals surface area contributed by atoms with E-state index in [2.05, 4.69) is 70.2 Å². The summed E-state index contributed by atoms with van der Waals surface area (Å²) in [6.45, 7) is 4.19. The van der Waals surface area contributed by atoms with Gasteiger partial charge in [-0.2, -0.15) is 0 Å². The number of hydrogen-bond donors (Lipinski definition) is 0. The number of azide groups is 7. The molecule has 0 aromatic heterocycles. The average Bonchev–Trinajstić information content (AvgIpc) is 1.70. The Bertz CT molecular complexity index is 3680. The third-order valence-corrected chi connectivity index (χ3v) is 15.7. The topological polar surface area (TPSA) is 626 Å². The zero-order valence-electron chi connectivity index (χ0n) is 54.4. The second-order valence-electron chi connectivity index (χ2n) is 22.5. The second-order valence-corrected chi connectivity index (χ2v) is 22.5. The molecule has 0 spiro atoms. The molecule has 5 aliphatic rings. The molecule has 45 heteroatoms. The van der Waals surface area contributed by atoms with Crippen LogP contribution in [0.25, 0.3) is 73.1 Å². The van der Waals surface area contributed by atoms with Crippen molar-refractivity contribution >= 4 is 47.8 Å². The van der Waals surface area contributed by atoms with Gasteiger partial charge in [0.1, 0.15) is 60.9 Å². The van der Waals surface area contributed by atoms with Crippen LogP contribution >= 0.6 is 0 Å². The summed E-state index contributed by atoms with van der Waals surface area (Å²) in [5.41, 5.74) is 68.9. The van der Waals surface area contributed by atoms with E-state index in [9.17, 15) is 77.1 Å². The molecular weight excluding hydrogens is 1350 g/mol. The Labute approximate surface area is 569 Å². The van der Waals surface area contributed by atoms with Gasteiger partial charge in [0.25, 0.3) is 0 Å². The van der Waals surface area contributed by atoms with Crippen LogP contribution in [-0.2, 0) is 105 Å². The van der Waals surface area contributed by atoms with Crippen LogP contribution < -0.4 is 0 Å². The summed E-state index contributed by atoms with van der Waals surface area (Å²) in [5, 5.41) is 26.0. The number of rotatable bonds is 29. The van der Waals surface area contributed by atoms with Crippen LogP contribution in [0.4, 0.5) is 0 Å². The predicted octanol–water partition coefficient (Wildman–Crippen LogP) is 6.79. The highest BCUT2D eigenvalue weighted by Crippen LogP contribution is 2.42. The molecular formula is C56H65N21O24. The fourth-order valence-electron chi connectivity index (χ4n) is 11.8. The zero-order chi connectivity index (χ0) is 73.4. The molecule has 7 rings (SSSR count). The highest BCUT2D eigenvalue weighted by Gasteiger charge is 2.60. The summed E-state index contributed by atoms with van der Waals surface area (Å²) < 4.78 is 98.1. The smallest absolute Gasteiger partial charge is 0.338 e. The van der Waals surface area contributed by atoms with Crippen LogP contribution in [0.1, 0.15) is 75.6 Å². The van der Waals surface area contributed by atoms with Crippen LogP contribution in [0.15, 0.2) is 96.5 Å². The number of ether oxygens (including phenoxy) is 16. The molecule has 0 amide bonds. The largest absolute Gasteiger partial charge is 0.459 e. The summed E-state index contributed by atoms with van der Waals surface area (Å²) in [6.07, 6.45) is -35.5. The van der Waals surface area contributed by atoms with E-state index in [0.717, 1.165) is 41.5 Å². The fourth-order valence-corrected chi connectivity index (χ4v) is 11.8. The number of hydrogen-bond acceptors (Lipinski definition) is 31. The second kappa shape index (κ2) is 37.3. The Morgan fingerprint density at radius 2 is 0.723 bits per heavy atom. The summed E-state index contributed by atoms with van der Waals surface area (Å²) in [7, 11) is 0. The molecule has 4 aliphatic heterocycles. The molecule has 2 aromatic carbocycles. The maximum atomic E-state index is 14.1. The van der Waals surface area contributed by atoms with Crippen molar-refractivity contribution in [2.75, 3.05) is 26.2 Å². The standard InChI is InChI=1S/C56H65N21O24/c1-23-40(97-51(84)30-14-10-8-11-15-30)43(98-52(85)31-16-12-9-13-17-31)34(19-64-71-57)93-53(23)86-22-37-46(100-55-39(70-77-63)48(91-28(6)82)45(89-26(4)80)36(95-55)21-66-73-59)50(92-29(7)83)56(96-37)101-49-41(87-24(2)78)32(67-74-60)18-33(68-75-61)42(49)99-54-38(69-76-62)47(90-27(5)81)44(88-25(3)79)35(94-54)20-65-72-58/h8-17,23,32-50,53-56H,18-22H2,1-7H3/t23?,32-,33?,34?,35?,36+,37-,38?,39?,40-,41?,42-,43-,44-,45-,46+,47-,48?,49-,50?,53-,54-,55-,56+/m1/s1. The van der Waals surface area contributed by atoms with E-state index < -0.39 is 227 Å². The Morgan fingerprint density at radius 1 is 0.376 bits per heavy atom. The molecule has 9 unspecified atom stereocenters. The van der Waals surface area contributed by atoms with Gasteiger partial charge in [-0.05, 0) is 69.4 Å². The normalized spacial score (nSPS) is 32.3. The van der Waals surface area contributed by atoms with Crippen molar-refractivity contribution in [1.82, 2.24) is 0 Å². The third kappa shape index (κ3) is 20.4. The third-order valence-electron chi connectivity index (χ3n) is 15.7. The van der Waals surface area contributed by atoms with Gasteiger partial charge in [-0.25, -0.2) is 9.59 Å². The average molecular weight is 1420 g/mol. The van der Waals surface area contributed by atoms with Gasteiger partial charge in [0, 0.05) is 81.8 Å². The van der Waals surface area contributed by atoms with E-state index in [-0.39, 0.29) is 11.1 Å². The molecule has 0 N–H and O–H groups in total. The van der Waals surface area contributed by atoms with Crippen molar-refractivity contribution in [3.05, 3.63) is 145 Å². The van der Waals surface area contributed by atoms with E-state index in [0.29, 0.717) is 0 Å². The molecule has 5 fully saturated rings. The Morgan fingerprint density at radius 3 is 1.14 bits per heavy atom. The fraction of sp³-hybridized carbons (Fsp3) is 0.643. The number of carbonyl (C=O) groups is 8. The van der Waals surface area contributed by atoms with Gasteiger partial charge >= 0.3 is 47.8 Å². The van der Waals surface area contributed by atoms with E-state index >= 15 is 0 Å². The lowest BCUT2D eigenvalue weighted by Crippen LogP contribution is -2.65. The predicted molar refractivity (Wildman–Crippen MR) is 327 cm³/mol. The first-order valence-corrected chi connectivity index (χ1v) is 30.4. The van der Waals surface area contributed by atoms with E-state index in [1.807, 2.05) is 0 Å². The molecule has 4 saturated heterocycles. The lowest BCUT2D eigenvalue weighted by Gasteiger charge is -2.48. The lowest BCUT2D eigenvalue weighted by atomic mass is 9.83. The first-order chi connectivity index (χ1) is 48.5. The van der Waals surface area contributed by atoms with Crippen molar-refractivity contribution in [3.63, 3.8) is 0 Å². The van der Waals surface area contributed by atoms with Crippen molar-refractivity contribution < 1.29 is 114 Å². The summed E-state index contributed by atoms with van der Waals surface area (Å²) in [6, 6.07) is 8.09. The van der Waals surface area contributed by atoms with Crippen LogP contribution in [0.2, 0.25) is 0 Å². The van der Waals surface area contributed by atoms with E-state index in [4.69, 9.17) is 75.8 Å². The molecule has 0 bridgehead atoms. The van der Waals surface area contributed by atoms with Crippen molar-refractivity contribution in [1.29, 1.82) is 0 Å². The number of nitrogens with zero attached hydrogens (tertiary/aromatic N) is 21. The van der Waals surface area contributed by atoms with Gasteiger partial charge in [-0.15, -0.1) is 0 Å². The molecule has 0 radical (unpaired) electrons. The molecule has 24 atom stereocenters. The first kappa shape index (κ1) is 77.4. The molecule has 101 heavy (non-hydrogen) atoms. The van der Waals surface area contributed by atoms with Crippen molar-refractivity contribution in [2.24, 2.45) is 41.7 Å². The molecule has 1 saturated carbocycles. The Kier molecular flexibility index (Phi) is 28.6. The lowest BCUT2D eigenvalue weighted by molar-refractivity contribution is -0.310. The summed E-state index contributed by atoms with van der Waals surface area (Å²) in [5.74, 6) is -9.40. The first-order valence-electron chi connectivity index (χ1n) is 30.4. The minimum atomic E-state index is -2.22. The van der Waals surface area contributed by atoms with Crippen molar-refractivity contribution in [2.45, 2.75) is 196 Å². The SMILES string of the molecule is CC(=O)OC1[C@H](O[C@@H]2C(OC(C)=O)[C@H](N=[N+]=[N-])CC(N=[N+]=[N-])[C@H]2O[C@H]2OC(CN=[N+]=[N-])[C@@H](OC(C)=O)[C@H](OC(C)=O)C2N=[N+]=[N-])O[C@H](CO[C@@H]2OC(CN=[N+]=[N-])[C@@H](OC(=O)c3ccccc3)[C@H](OC(=O)c3ccccc3)C2C)[C@@H]1O[C@H]1O[C@@H](CN=[N+]=[N-])[C@@H](OC(C)=O)C(OC(C)=O)C1N=[N+]=[N-]. The highest BCUT2D eigenvalue weighted by molar-refractivity contribution is 5.90. The van der Waals surface area contributed by atoms with Gasteiger partial charge in [0.15, 0.2) is 61.8 Å². The zero-order valence-corrected chi connectivity index (χ0v) is 54.4. The van der Waals surface area contributed by atoms with Crippen LogP contribution in [0.5, 0.6) is 0 Å². The monoisotopic (exact) mass is 1420 g/mol. The van der Waals surface area contributed by atoms with Gasteiger partial charge in [0.2, 0.25) is 0 Å². The Hall–Kier alpha value is -10.9. The maximum Gasteiger partial charge on any atom is 0.338 e. The molecule has 45 nitrogen and oxygen atoms in total. The molecule has 538 valence electrons. The number of benzene rings is 2. The minimum Gasteiger partial charge on any atom is -0.459 e. The molecule has 4 heterocycles. The van der Waals surface area contributed by atoms with E-state index in [1.54, 1.807) is 36.4 Å². The van der Waals surface area contributed by atoms with Crippen molar-refractivity contribution in [3.8, 4) is 0 Å². The summed E-state index contributed by atoms with van der Waals surface area (Å²) in [4.78, 5) is 126. The number of carbonyl (C=O) groups excluding carboxylic acids is 8. The van der Waals surface area contributed by atoms with Crippen LogP contribution in [-0.4, -0.2) is 215 Å². The Balaban J connectivity index is 1.41. The number of esters is 8. The minimum absolute atomic E-state index is 0.0412. The van der Waals surface area contributed by atoms with Gasteiger partial charge in [-0.3, -0.25) is 28.8 Å². The van der Waals surface area contributed by atoms with Gasteiger partial charge < -0.3 is 75.8 Å². The molecule has 2 aromatic rings. The maximum absolute atomic E-state index is 14.1. The van der Waals surface area contributed by atoms with Crippen LogP contribution in [0, 0.1) is 5.92 Å². The highest BCUT2D eigenvalue weighted by atomic mass is 16.8. The summed E-state index contributed by atoms with van der Waals surface area (Å²) >= 11 is 0. The van der Waals surface area contributed by atoms with Gasteiger partial charge in [0.05, 0.1) is 55.6 Å². The van der Waals surface area contributed by atoms with Crippen LogP contribution in [0.3, 0.4) is 0 Å². The quantitative estimate of drug-likeness (QED) is 0.0266. The van der Waals surface area contributed by atoms with Gasteiger partial charge in [-0.1, -0.05) is 79.1 Å². The van der Waals surface area contributed by atoms with E-state index in [1.165, 1.54) is 31.2 Å². The molecule has 1 aliphatic carbocycles.